The molecule has 4 nitrogen and oxygen atoms in total. The van der Waals surface area contributed by atoms with Gasteiger partial charge in [0.1, 0.15) is 0 Å². The number of benzene rings is 1. The Labute approximate surface area is 112 Å². The second kappa shape index (κ2) is 6.18. The van der Waals surface area contributed by atoms with E-state index >= 15 is 0 Å². The van der Waals surface area contributed by atoms with Gasteiger partial charge in [0, 0.05) is 22.7 Å². The van der Waals surface area contributed by atoms with Crippen LogP contribution in [0.4, 0.5) is 0 Å². The molecule has 1 amide bonds. The van der Waals surface area contributed by atoms with Gasteiger partial charge in [0.15, 0.2) is 0 Å². The molecule has 0 aliphatic carbocycles. The van der Waals surface area contributed by atoms with Crippen molar-refractivity contribution in [1.29, 1.82) is 0 Å². The summed E-state index contributed by atoms with van der Waals surface area (Å²) in [6.45, 7) is 4.53. The molecule has 1 aromatic rings. The first-order valence-corrected chi connectivity index (χ1v) is 6.24. The molecular formula is C13H19ClN2O2. The Balaban J connectivity index is 2.77. The normalized spacial score (nSPS) is 14.2. The van der Waals surface area contributed by atoms with Crippen molar-refractivity contribution in [2.45, 2.75) is 32.4 Å². The predicted octanol–water partition coefficient (Wildman–Crippen LogP) is 1.69. The average Bonchev–Trinajstić information content (AvgIpc) is 2.36. The highest BCUT2D eigenvalue weighted by Gasteiger charge is 2.20. The lowest BCUT2D eigenvalue weighted by Crippen LogP contribution is -2.44. The molecule has 0 aliphatic rings. The Morgan fingerprint density at radius 2 is 2.22 bits per heavy atom. The summed E-state index contributed by atoms with van der Waals surface area (Å²) >= 11 is 6.08. The number of nitrogens with two attached hydrogens (primary N) is 1. The van der Waals surface area contributed by atoms with E-state index in [2.05, 4.69) is 5.32 Å². The van der Waals surface area contributed by atoms with Crippen LogP contribution in [-0.2, 0) is 6.54 Å². The van der Waals surface area contributed by atoms with Gasteiger partial charge in [-0.3, -0.25) is 4.79 Å². The van der Waals surface area contributed by atoms with Crippen molar-refractivity contribution in [3.8, 4) is 0 Å². The van der Waals surface area contributed by atoms with E-state index in [0.717, 1.165) is 12.0 Å². The van der Waals surface area contributed by atoms with Crippen LogP contribution < -0.4 is 11.1 Å². The topological polar surface area (TPSA) is 75.3 Å². The minimum absolute atomic E-state index is 0.0560. The number of halogens is 1. The fourth-order valence-electron chi connectivity index (χ4n) is 1.45. The molecule has 5 heteroatoms. The van der Waals surface area contributed by atoms with Crippen molar-refractivity contribution >= 4 is 17.5 Å². The maximum absolute atomic E-state index is 11.0. The summed E-state index contributed by atoms with van der Waals surface area (Å²) in [6, 6.07) is 4.97. The Morgan fingerprint density at radius 1 is 1.56 bits per heavy atom. The van der Waals surface area contributed by atoms with Gasteiger partial charge in [-0.2, -0.15) is 0 Å². The molecule has 0 aliphatic heterocycles. The third kappa shape index (κ3) is 3.70. The van der Waals surface area contributed by atoms with Crippen LogP contribution in [0.5, 0.6) is 0 Å². The number of aliphatic hydroxyl groups is 1. The molecule has 0 radical (unpaired) electrons. The van der Waals surface area contributed by atoms with Crippen LogP contribution in [0.25, 0.3) is 0 Å². The smallest absolute Gasteiger partial charge is 0.248 e. The van der Waals surface area contributed by atoms with E-state index in [1.807, 2.05) is 13.8 Å². The Kier molecular flexibility index (Phi) is 5.14. The number of aliphatic hydroxyl groups excluding tert-OH is 1. The molecule has 1 unspecified atom stereocenters. The zero-order valence-electron chi connectivity index (χ0n) is 10.7. The molecule has 0 bridgehead atoms. The van der Waals surface area contributed by atoms with E-state index in [1.54, 1.807) is 18.2 Å². The third-order valence-corrected chi connectivity index (χ3v) is 3.52. The van der Waals surface area contributed by atoms with Gasteiger partial charge in [-0.15, -0.1) is 0 Å². The first kappa shape index (κ1) is 15.0. The fraction of sp³-hybridized carbons (Fsp3) is 0.462. The zero-order chi connectivity index (χ0) is 13.8. The highest BCUT2D eigenvalue weighted by Crippen LogP contribution is 2.19. The van der Waals surface area contributed by atoms with Crippen molar-refractivity contribution in [2.24, 2.45) is 5.73 Å². The molecule has 1 aromatic carbocycles. The maximum atomic E-state index is 11.0. The van der Waals surface area contributed by atoms with Crippen molar-refractivity contribution in [2.75, 3.05) is 6.61 Å². The standard InChI is InChI=1S/C13H19ClN2O2/c1-3-13(2,8-17)16-7-10-5-4-9(12(15)18)6-11(10)14/h4-6,16-17H,3,7-8H2,1-2H3,(H2,15,18). The minimum atomic E-state index is -0.495. The monoisotopic (exact) mass is 270 g/mol. The van der Waals surface area contributed by atoms with Gasteiger partial charge in [-0.25, -0.2) is 0 Å². The number of primary amides is 1. The highest BCUT2D eigenvalue weighted by molar-refractivity contribution is 6.31. The number of carbonyl (C=O) groups excluding carboxylic acids is 1. The molecule has 0 spiro atoms. The summed E-state index contributed by atoms with van der Waals surface area (Å²) in [4.78, 5) is 11.0. The number of rotatable bonds is 6. The SMILES string of the molecule is CCC(C)(CO)NCc1ccc(C(N)=O)cc1Cl. The van der Waals surface area contributed by atoms with Gasteiger partial charge in [0.2, 0.25) is 5.91 Å². The van der Waals surface area contributed by atoms with Crippen LogP contribution in [0.3, 0.4) is 0 Å². The molecule has 0 heterocycles. The van der Waals surface area contributed by atoms with Crippen molar-refractivity contribution in [3.63, 3.8) is 0 Å². The summed E-state index contributed by atoms with van der Waals surface area (Å²) in [5.41, 5.74) is 6.11. The molecule has 0 saturated heterocycles. The van der Waals surface area contributed by atoms with Gasteiger partial charge in [-0.1, -0.05) is 24.6 Å². The summed E-state index contributed by atoms with van der Waals surface area (Å²) in [5.74, 6) is -0.495. The maximum Gasteiger partial charge on any atom is 0.248 e. The lowest BCUT2D eigenvalue weighted by atomic mass is 9.99. The van der Waals surface area contributed by atoms with Crippen molar-refractivity contribution in [1.82, 2.24) is 5.32 Å². The van der Waals surface area contributed by atoms with Crippen molar-refractivity contribution in [3.05, 3.63) is 34.3 Å². The van der Waals surface area contributed by atoms with E-state index in [4.69, 9.17) is 17.3 Å². The lowest BCUT2D eigenvalue weighted by molar-refractivity contribution is 0.100. The molecule has 18 heavy (non-hydrogen) atoms. The first-order valence-electron chi connectivity index (χ1n) is 5.86. The summed E-state index contributed by atoms with van der Waals surface area (Å²) < 4.78 is 0. The lowest BCUT2D eigenvalue weighted by Gasteiger charge is -2.27. The molecule has 100 valence electrons. The Bertz CT molecular complexity index is 431. The van der Waals surface area contributed by atoms with Crippen molar-refractivity contribution < 1.29 is 9.90 Å². The van der Waals surface area contributed by atoms with E-state index in [9.17, 15) is 9.90 Å². The van der Waals surface area contributed by atoms with E-state index < -0.39 is 5.91 Å². The zero-order valence-corrected chi connectivity index (χ0v) is 11.4. The van der Waals surface area contributed by atoms with E-state index in [1.165, 1.54) is 0 Å². The second-order valence-corrected chi connectivity index (χ2v) is 5.00. The molecule has 0 saturated carbocycles. The quantitative estimate of drug-likeness (QED) is 0.736. The number of nitrogens with one attached hydrogen (secondary N) is 1. The number of hydrogen-bond acceptors (Lipinski definition) is 3. The van der Waals surface area contributed by atoms with Gasteiger partial charge >= 0.3 is 0 Å². The summed E-state index contributed by atoms with van der Waals surface area (Å²) in [7, 11) is 0. The van der Waals surface area contributed by atoms with Crippen LogP contribution in [0.2, 0.25) is 5.02 Å². The molecule has 1 rings (SSSR count). The Hall–Kier alpha value is -1.10. The van der Waals surface area contributed by atoms with Gasteiger partial charge in [0.25, 0.3) is 0 Å². The van der Waals surface area contributed by atoms with Gasteiger partial charge < -0.3 is 16.2 Å². The second-order valence-electron chi connectivity index (χ2n) is 4.60. The highest BCUT2D eigenvalue weighted by atomic mass is 35.5. The third-order valence-electron chi connectivity index (χ3n) is 3.17. The van der Waals surface area contributed by atoms with Gasteiger partial charge in [0.05, 0.1) is 6.61 Å². The largest absolute Gasteiger partial charge is 0.394 e. The molecule has 0 aromatic heterocycles. The number of amides is 1. The van der Waals surface area contributed by atoms with E-state index in [-0.39, 0.29) is 12.1 Å². The van der Waals surface area contributed by atoms with Crippen LogP contribution in [0.1, 0.15) is 36.2 Å². The summed E-state index contributed by atoms with van der Waals surface area (Å²) in [5, 5.41) is 13.0. The van der Waals surface area contributed by atoms with Crippen LogP contribution in [0.15, 0.2) is 18.2 Å². The fourth-order valence-corrected chi connectivity index (χ4v) is 1.69. The predicted molar refractivity (Wildman–Crippen MR) is 72.6 cm³/mol. The minimum Gasteiger partial charge on any atom is -0.394 e. The average molecular weight is 271 g/mol. The van der Waals surface area contributed by atoms with E-state index in [0.29, 0.717) is 17.1 Å². The molecule has 4 N–H and O–H groups in total. The molecule has 1 atom stereocenters. The molecular weight excluding hydrogens is 252 g/mol. The van der Waals surface area contributed by atoms with Crippen LogP contribution in [-0.4, -0.2) is 23.2 Å². The van der Waals surface area contributed by atoms with Crippen LogP contribution >= 0.6 is 11.6 Å². The first-order chi connectivity index (χ1) is 8.41. The van der Waals surface area contributed by atoms with Gasteiger partial charge in [-0.05, 0) is 31.0 Å². The van der Waals surface area contributed by atoms with Crippen LogP contribution in [0, 0.1) is 0 Å². The number of carbonyl (C=O) groups is 1. The summed E-state index contributed by atoms with van der Waals surface area (Å²) in [6.07, 6.45) is 0.806. The Morgan fingerprint density at radius 3 is 2.67 bits per heavy atom. The number of hydrogen-bond donors (Lipinski definition) is 3. The molecule has 0 fully saturated rings.